The van der Waals surface area contributed by atoms with Crippen molar-refractivity contribution in [2.24, 2.45) is 0 Å². The first-order valence-corrected chi connectivity index (χ1v) is 11.7. The quantitative estimate of drug-likeness (QED) is 0.442. The molecule has 1 fully saturated rings. The summed E-state index contributed by atoms with van der Waals surface area (Å²) in [6.07, 6.45) is 1.72. The van der Waals surface area contributed by atoms with Crippen LogP contribution in [0.2, 0.25) is 0 Å². The van der Waals surface area contributed by atoms with E-state index in [1.54, 1.807) is 22.7 Å². The van der Waals surface area contributed by atoms with Crippen molar-refractivity contribution in [3.63, 3.8) is 0 Å². The molecule has 0 bridgehead atoms. The molecule has 0 atom stereocenters. The second kappa shape index (κ2) is 7.96. The Labute approximate surface area is 191 Å². The molecule has 1 N–H and O–H groups in total. The summed E-state index contributed by atoms with van der Waals surface area (Å²) in [7, 11) is 3.96. The van der Waals surface area contributed by atoms with Crippen molar-refractivity contribution >= 4 is 43.9 Å². The summed E-state index contributed by atoms with van der Waals surface area (Å²) in [5.41, 5.74) is 2.20. The summed E-state index contributed by atoms with van der Waals surface area (Å²) in [4.78, 5) is 23.4. The smallest absolute Gasteiger partial charge is 0.230 e. The Balaban J connectivity index is 1.27. The molecule has 9 nitrogen and oxygen atoms in total. The van der Waals surface area contributed by atoms with E-state index in [9.17, 15) is 4.79 Å². The number of nitriles is 1. The van der Waals surface area contributed by atoms with Gasteiger partial charge in [0.2, 0.25) is 17.7 Å². The Bertz CT molecular complexity index is 1340. The van der Waals surface area contributed by atoms with Crippen molar-refractivity contribution in [2.45, 2.75) is 31.2 Å². The van der Waals surface area contributed by atoms with Gasteiger partial charge in [0, 0.05) is 25.0 Å². The number of benzene rings is 1. The number of thiazole rings is 2. The number of anilines is 1. The molecule has 1 amide bonds. The lowest BCUT2D eigenvalue weighted by molar-refractivity contribution is -0.121. The fraction of sp³-hybridized carbons (Fsp3) is 0.333. The lowest BCUT2D eigenvalue weighted by atomic mass is 10.2. The second-order valence-electron chi connectivity index (χ2n) is 7.89. The third-order valence-electron chi connectivity index (χ3n) is 5.07. The van der Waals surface area contributed by atoms with Crippen LogP contribution in [-0.4, -0.2) is 45.7 Å². The molecule has 1 saturated carbocycles. The number of nitrogens with one attached hydrogen (secondary N) is 1. The molecule has 11 heteroatoms. The zero-order valence-corrected chi connectivity index (χ0v) is 19.1. The highest BCUT2D eigenvalue weighted by atomic mass is 32.1. The summed E-state index contributed by atoms with van der Waals surface area (Å²) in [6, 6.07) is 8.24. The number of aromatic nitrogens is 4. The van der Waals surface area contributed by atoms with Gasteiger partial charge in [0.15, 0.2) is 5.13 Å². The average Bonchev–Trinajstić information content (AvgIpc) is 3.15. The molecule has 0 saturated heterocycles. The fourth-order valence-electron chi connectivity index (χ4n) is 3.21. The Morgan fingerprint density at radius 1 is 1.28 bits per heavy atom. The van der Waals surface area contributed by atoms with Gasteiger partial charge < -0.3 is 14.6 Å². The van der Waals surface area contributed by atoms with Crippen molar-refractivity contribution < 1.29 is 9.21 Å². The lowest BCUT2D eigenvalue weighted by Gasteiger charge is -2.06. The maximum Gasteiger partial charge on any atom is 0.230 e. The predicted octanol–water partition coefficient (Wildman–Crippen LogP) is 3.17. The number of carbonyl (C=O) groups is 1. The first kappa shape index (κ1) is 20.5. The van der Waals surface area contributed by atoms with Crippen LogP contribution >= 0.6 is 22.7 Å². The van der Waals surface area contributed by atoms with Crippen molar-refractivity contribution in [1.29, 1.82) is 5.26 Å². The zero-order chi connectivity index (χ0) is 22.3. The topological polar surface area (TPSA) is 121 Å². The lowest BCUT2D eigenvalue weighted by Crippen LogP contribution is -2.36. The molecule has 1 aromatic carbocycles. The standard InChI is InChI=1S/C21H19N7O2S2/c1-28(2)20-24-14(10-31-20)12-3-4-13-15(7-12)32-19(23-13)9-18-27-26-17(30-18)8-16(29)25-21(11-22)5-6-21/h3-4,7,10H,5-6,8-9H2,1-2H3,(H,25,29). The second-order valence-corrected chi connectivity index (χ2v) is 9.84. The highest BCUT2D eigenvalue weighted by Crippen LogP contribution is 2.34. The number of amides is 1. The molecule has 1 aliphatic rings. The largest absolute Gasteiger partial charge is 0.424 e. The van der Waals surface area contributed by atoms with Crippen molar-refractivity contribution in [3.8, 4) is 17.3 Å². The number of rotatable bonds is 7. The third kappa shape index (κ3) is 4.19. The third-order valence-corrected chi connectivity index (χ3v) is 7.10. The first-order valence-electron chi connectivity index (χ1n) is 9.99. The van der Waals surface area contributed by atoms with Crippen molar-refractivity contribution in [2.75, 3.05) is 19.0 Å². The van der Waals surface area contributed by atoms with E-state index < -0.39 is 5.54 Å². The van der Waals surface area contributed by atoms with Crippen LogP contribution in [0.25, 0.3) is 21.5 Å². The molecule has 4 aromatic rings. The van der Waals surface area contributed by atoms with Gasteiger partial charge in [0.1, 0.15) is 17.0 Å². The first-order chi connectivity index (χ1) is 15.4. The van der Waals surface area contributed by atoms with Gasteiger partial charge in [-0.25, -0.2) is 9.97 Å². The van der Waals surface area contributed by atoms with Gasteiger partial charge in [-0.15, -0.1) is 32.9 Å². The summed E-state index contributed by atoms with van der Waals surface area (Å²) in [5.74, 6) is 0.352. The SMILES string of the molecule is CN(C)c1nc(-c2ccc3nc(Cc4nnc(CC(=O)NC5(C#N)CC5)o4)sc3c2)cs1. The van der Waals surface area contributed by atoms with Crippen LogP contribution in [0.3, 0.4) is 0 Å². The van der Waals surface area contributed by atoms with Gasteiger partial charge in [0.25, 0.3) is 0 Å². The Hall–Kier alpha value is -3.36. The number of fused-ring (bicyclic) bond motifs is 1. The molecule has 5 rings (SSSR count). The van der Waals surface area contributed by atoms with Gasteiger partial charge in [-0.3, -0.25) is 4.79 Å². The van der Waals surface area contributed by atoms with Crippen LogP contribution < -0.4 is 10.2 Å². The summed E-state index contributed by atoms with van der Waals surface area (Å²) in [5, 5.41) is 23.7. The van der Waals surface area contributed by atoms with E-state index in [0.717, 1.165) is 31.6 Å². The molecule has 0 unspecified atom stereocenters. The molecule has 0 radical (unpaired) electrons. The monoisotopic (exact) mass is 465 g/mol. The highest BCUT2D eigenvalue weighted by molar-refractivity contribution is 7.18. The van der Waals surface area contributed by atoms with E-state index in [1.165, 1.54) is 0 Å². The van der Waals surface area contributed by atoms with Crippen molar-refractivity contribution in [3.05, 3.63) is 40.4 Å². The number of carbonyl (C=O) groups excluding carboxylic acids is 1. The molecule has 32 heavy (non-hydrogen) atoms. The molecule has 3 aromatic heterocycles. The van der Waals surface area contributed by atoms with E-state index in [4.69, 9.17) is 9.68 Å². The average molecular weight is 466 g/mol. The van der Waals surface area contributed by atoms with Crippen LogP contribution in [0.5, 0.6) is 0 Å². The Morgan fingerprint density at radius 3 is 2.81 bits per heavy atom. The van der Waals surface area contributed by atoms with Gasteiger partial charge >= 0.3 is 0 Å². The fourth-order valence-corrected chi connectivity index (χ4v) is 4.97. The van der Waals surface area contributed by atoms with Gasteiger partial charge in [-0.2, -0.15) is 5.26 Å². The predicted molar refractivity (Wildman–Crippen MR) is 122 cm³/mol. The highest BCUT2D eigenvalue weighted by Gasteiger charge is 2.44. The maximum atomic E-state index is 12.1. The van der Waals surface area contributed by atoms with Crippen LogP contribution in [0, 0.1) is 11.3 Å². The van der Waals surface area contributed by atoms with E-state index in [2.05, 4.69) is 43.0 Å². The minimum absolute atomic E-state index is 0.0395. The molecular formula is C21H19N7O2S2. The summed E-state index contributed by atoms with van der Waals surface area (Å²) < 4.78 is 6.69. The van der Waals surface area contributed by atoms with Crippen molar-refractivity contribution in [1.82, 2.24) is 25.5 Å². The number of hydrogen-bond donors (Lipinski definition) is 1. The number of nitrogens with zero attached hydrogens (tertiary/aromatic N) is 6. The van der Waals surface area contributed by atoms with Gasteiger partial charge in [0.05, 0.1) is 28.4 Å². The summed E-state index contributed by atoms with van der Waals surface area (Å²) in [6.45, 7) is 0. The minimum atomic E-state index is -0.702. The zero-order valence-electron chi connectivity index (χ0n) is 17.5. The van der Waals surface area contributed by atoms with Crippen LogP contribution in [0.4, 0.5) is 5.13 Å². The van der Waals surface area contributed by atoms with E-state index >= 15 is 0 Å². The molecule has 0 aliphatic heterocycles. The maximum absolute atomic E-state index is 12.1. The molecular weight excluding hydrogens is 446 g/mol. The Kier molecular flexibility index (Phi) is 5.11. The molecule has 3 heterocycles. The van der Waals surface area contributed by atoms with Crippen LogP contribution in [0.1, 0.15) is 29.6 Å². The van der Waals surface area contributed by atoms with Gasteiger partial charge in [-0.1, -0.05) is 6.07 Å². The van der Waals surface area contributed by atoms with E-state index in [-0.39, 0.29) is 18.2 Å². The van der Waals surface area contributed by atoms with E-state index in [0.29, 0.717) is 25.2 Å². The molecule has 162 valence electrons. The molecule has 1 aliphatic carbocycles. The summed E-state index contributed by atoms with van der Waals surface area (Å²) >= 11 is 3.18. The Morgan fingerprint density at radius 2 is 2.09 bits per heavy atom. The molecule has 0 spiro atoms. The van der Waals surface area contributed by atoms with Crippen LogP contribution in [0.15, 0.2) is 28.0 Å². The van der Waals surface area contributed by atoms with Gasteiger partial charge in [-0.05, 0) is 25.0 Å². The van der Waals surface area contributed by atoms with E-state index in [1.807, 2.05) is 31.1 Å². The van der Waals surface area contributed by atoms with Crippen LogP contribution in [-0.2, 0) is 17.6 Å². The minimum Gasteiger partial charge on any atom is -0.424 e. The normalized spacial score (nSPS) is 14.3. The number of hydrogen-bond acceptors (Lipinski definition) is 10.